The molecule has 0 spiro atoms. The lowest BCUT2D eigenvalue weighted by atomic mass is 10.5. The third-order valence-corrected chi connectivity index (χ3v) is 0.792. The Morgan fingerprint density at radius 3 is 2.75 bits per heavy atom. The van der Waals surface area contributed by atoms with Gasteiger partial charge >= 0.3 is 5.97 Å². The van der Waals surface area contributed by atoms with E-state index in [1.54, 1.807) is 6.92 Å². The first kappa shape index (κ1) is 10.2. The van der Waals surface area contributed by atoms with Crippen molar-refractivity contribution in [2.45, 2.75) is 6.92 Å². The molecule has 0 aromatic rings. The summed E-state index contributed by atoms with van der Waals surface area (Å²) in [5.41, 5.74) is 7.79. The highest BCUT2D eigenvalue weighted by molar-refractivity contribution is 5.94. The first-order chi connectivity index (χ1) is 5.70. The molecule has 64 valence electrons. The van der Waals surface area contributed by atoms with Crippen molar-refractivity contribution in [3.8, 4) is 0 Å². The Hall–Kier alpha value is -1.81. The molecule has 6 nitrogen and oxygen atoms in total. The van der Waals surface area contributed by atoms with Crippen molar-refractivity contribution < 1.29 is 14.3 Å². The lowest BCUT2D eigenvalue weighted by Crippen LogP contribution is -1.99. The van der Waals surface area contributed by atoms with E-state index >= 15 is 0 Å². The number of esters is 1. The SMILES string of the molecule is CCOC(=O)C=CC(=O)N=[N+]=[N-]. The maximum atomic E-state index is 10.6. The minimum Gasteiger partial charge on any atom is -0.463 e. The van der Waals surface area contributed by atoms with E-state index in [1.807, 2.05) is 0 Å². The van der Waals surface area contributed by atoms with Crippen LogP contribution in [0.1, 0.15) is 6.92 Å². The molecule has 0 aliphatic carbocycles. The fourth-order valence-electron chi connectivity index (χ4n) is 0.407. The molecule has 0 unspecified atom stereocenters. The second-order valence-electron chi connectivity index (χ2n) is 1.61. The van der Waals surface area contributed by atoms with Crippen molar-refractivity contribution in [1.29, 1.82) is 0 Å². The van der Waals surface area contributed by atoms with E-state index in [0.717, 1.165) is 12.2 Å². The summed E-state index contributed by atoms with van der Waals surface area (Å²) in [6, 6.07) is 0. The normalized spacial score (nSPS) is 9.08. The largest absolute Gasteiger partial charge is 0.463 e. The van der Waals surface area contributed by atoms with E-state index in [-0.39, 0.29) is 6.61 Å². The summed E-state index contributed by atoms with van der Waals surface area (Å²) in [4.78, 5) is 23.2. The van der Waals surface area contributed by atoms with Crippen molar-refractivity contribution in [1.82, 2.24) is 0 Å². The van der Waals surface area contributed by atoms with Crippen LogP contribution in [0.5, 0.6) is 0 Å². The Labute approximate surface area is 68.4 Å². The lowest BCUT2D eigenvalue weighted by Gasteiger charge is -1.92. The highest BCUT2D eigenvalue weighted by Gasteiger charge is 1.95. The summed E-state index contributed by atoms with van der Waals surface area (Å²) >= 11 is 0. The molecule has 0 heterocycles. The highest BCUT2D eigenvalue weighted by Crippen LogP contribution is 1.84. The summed E-state index contributed by atoms with van der Waals surface area (Å²) in [5.74, 6) is -1.47. The zero-order valence-electron chi connectivity index (χ0n) is 6.43. The first-order valence-electron chi connectivity index (χ1n) is 3.14. The average Bonchev–Trinajstić information content (AvgIpc) is 2.02. The maximum absolute atomic E-state index is 10.6. The van der Waals surface area contributed by atoms with Gasteiger partial charge in [0.15, 0.2) is 0 Å². The molecular weight excluding hydrogens is 162 g/mol. The van der Waals surface area contributed by atoms with Crippen LogP contribution in [0.3, 0.4) is 0 Å². The molecule has 0 saturated heterocycles. The zero-order valence-corrected chi connectivity index (χ0v) is 6.43. The average molecular weight is 169 g/mol. The van der Waals surface area contributed by atoms with Crippen LogP contribution in [0.15, 0.2) is 17.3 Å². The van der Waals surface area contributed by atoms with Crippen LogP contribution < -0.4 is 0 Å². The predicted octanol–water partition coefficient (Wildman–Crippen LogP) is 0.943. The minimum atomic E-state index is -0.828. The second-order valence-corrected chi connectivity index (χ2v) is 1.61. The van der Waals surface area contributed by atoms with Crippen LogP contribution in [-0.2, 0) is 14.3 Å². The molecule has 1 amide bonds. The van der Waals surface area contributed by atoms with Crippen molar-refractivity contribution in [3.63, 3.8) is 0 Å². The summed E-state index contributed by atoms with van der Waals surface area (Å²) in [7, 11) is 0. The quantitative estimate of drug-likeness (QED) is 0.207. The van der Waals surface area contributed by atoms with Crippen LogP contribution in [0.25, 0.3) is 10.4 Å². The van der Waals surface area contributed by atoms with Gasteiger partial charge in [-0.1, -0.05) is 0 Å². The molecule has 0 aromatic carbocycles. The van der Waals surface area contributed by atoms with E-state index in [2.05, 4.69) is 14.8 Å². The Bertz CT molecular complexity index is 253. The van der Waals surface area contributed by atoms with Crippen molar-refractivity contribution in [2.75, 3.05) is 6.61 Å². The zero-order chi connectivity index (χ0) is 9.40. The molecule has 0 fully saturated rings. The molecule has 0 aromatic heterocycles. The van der Waals surface area contributed by atoms with Gasteiger partial charge in [-0.3, -0.25) is 4.79 Å². The molecule has 0 N–H and O–H groups in total. The van der Waals surface area contributed by atoms with Gasteiger partial charge in [0.1, 0.15) is 0 Å². The first-order valence-corrected chi connectivity index (χ1v) is 3.14. The van der Waals surface area contributed by atoms with Gasteiger partial charge in [-0.15, -0.1) is 0 Å². The molecule has 0 rings (SSSR count). The van der Waals surface area contributed by atoms with Crippen LogP contribution in [-0.4, -0.2) is 18.5 Å². The predicted molar refractivity (Wildman–Crippen MR) is 39.9 cm³/mol. The van der Waals surface area contributed by atoms with Gasteiger partial charge < -0.3 is 4.74 Å². The number of amides is 1. The monoisotopic (exact) mass is 169 g/mol. The van der Waals surface area contributed by atoms with Gasteiger partial charge in [-0.25, -0.2) is 4.79 Å². The van der Waals surface area contributed by atoms with Gasteiger partial charge in [-0.05, 0) is 23.6 Å². The molecule has 0 radical (unpaired) electrons. The second kappa shape index (κ2) is 5.94. The van der Waals surface area contributed by atoms with Gasteiger partial charge in [0.25, 0.3) is 0 Å². The number of rotatable bonds is 3. The fraction of sp³-hybridized carbons (Fsp3) is 0.333. The van der Waals surface area contributed by atoms with Gasteiger partial charge in [-0.2, -0.15) is 0 Å². The summed E-state index contributed by atoms with van der Waals surface area (Å²) < 4.78 is 4.46. The Balaban J connectivity index is 3.97. The smallest absolute Gasteiger partial charge is 0.330 e. The van der Waals surface area contributed by atoms with Crippen molar-refractivity contribution >= 4 is 11.9 Å². The maximum Gasteiger partial charge on any atom is 0.330 e. The molecular formula is C6H7N3O3. The summed E-state index contributed by atoms with van der Waals surface area (Å²) in [6.45, 7) is 1.87. The Kier molecular flexibility index (Phi) is 5.04. The van der Waals surface area contributed by atoms with Crippen molar-refractivity contribution in [3.05, 3.63) is 22.6 Å². The molecule has 0 saturated carbocycles. The molecule has 6 heteroatoms. The molecule has 0 atom stereocenters. The van der Waals surface area contributed by atoms with Gasteiger partial charge in [0.05, 0.1) is 6.61 Å². The number of carbonyl (C=O) groups excluding carboxylic acids is 2. The van der Waals surface area contributed by atoms with Crippen molar-refractivity contribution in [2.24, 2.45) is 5.11 Å². The number of nitrogens with zero attached hydrogens (tertiary/aromatic N) is 3. The highest BCUT2D eigenvalue weighted by atomic mass is 16.5. The number of carbonyl (C=O) groups is 2. The van der Waals surface area contributed by atoms with Crippen LogP contribution in [0.4, 0.5) is 0 Å². The lowest BCUT2D eigenvalue weighted by molar-refractivity contribution is -0.137. The number of hydrogen-bond acceptors (Lipinski definition) is 3. The third-order valence-electron chi connectivity index (χ3n) is 0.792. The summed E-state index contributed by atoms with van der Waals surface area (Å²) in [6.07, 6.45) is 1.75. The molecule has 12 heavy (non-hydrogen) atoms. The topological polar surface area (TPSA) is 92.1 Å². The minimum absolute atomic E-state index is 0.235. The van der Waals surface area contributed by atoms with E-state index in [9.17, 15) is 9.59 Å². The van der Waals surface area contributed by atoms with Gasteiger partial charge in [0.2, 0.25) is 5.91 Å². The van der Waals surface area contributed by atoms with E-state index in [0.29, 0.717) is 0 Å². The van der Waals surface area contributed by atoms with E-state index in [1.165, 1.54) is 0 Å². The van der Waals surface area contributed by atoms with Crippen LogP contribution in [0, 0.1) is 0 Å². The van der Waals surface area contributed by atoms with Crippen LogP contribution >= 0.6 is 0 Å². The third kappa shape index (κ3) is 5.01. The Morgan fingerprint density at radius 1 is 1.58 bits per heavy atom. The molecule has 0 aliphatic heterocycles. The van der Waals surface area contributed by atoms with E-state index < -0.39 is 11.9 Å². The Morgan fingerprint density at radius 2 is 2.25 bits per heavy atom. The van der Waals surface area contributed by atoms with Gasteiger partial charge in [0, 0.05) is 11.0 Å². The molecule has 0 bridgehead atoms. The fourth-order valence-corrected chi connectivity index (χ4v) is 0.407. The van der Waals surface area contributed by atoms with Crippen LogP contribution in [0.2, 0.25) is 0 Å². The number of hydrogen-bond donors (Lipinski definition) is 0. The van der Waals surface area contributed by atoms with E-state index in [4.69, 9.17) is 5.53 Å². The number of azide groups is 1. The standard InChI is InChI=1S/C6H7N3O3/c1-2-12-6(11)4-3-5(10)8-9-7/h3-4H,2H2,1H3. The number of ether oxygens (including phenoxy) is 1. The molecule has 0 aliphatic rings. The summed E-state index contributed by atoms with van der Waals surface area (Å²) in [5, 5.41) is 2.70.